The van der Waals surface area contributed by atoms with Gasteiger partial charge in [0.25, 0.3) is 0 Å². The Hall–Kier alpha value is -2.98. The summed E-state index contributed by atoms with van der Waals surface area (Å²) < 4.78 is 0. The monoisotopic (exact) mass is 456 g/mol. The van der Waals surface area contributed by atoms with Crippen LogP contribution >= 0.6 is 11.6 Å². The molecule has 1 heterocycles. The number of pyridine rings is 1. The Labute approximate surface area is 200 Å². The molecule has 1 unspecified atom stereocenters. The summed E-state index contributed by atoms with van der Waals surface area (Å²) in [5, 5.41) is 12.2. The Morgan fingerprint density at radius 2 is 1.76 bits per heavy atom. The Morgan fingerprint density at radius 1 is 0.970 bits per heavy atom. The molecular formula is C29H29ClN2O. The molecule has 0 fully saturated rings. The lowest BCUT2D eigenvalue weighted by Crippen LogP contribution is -2.19. The van der Waals surface area contributed by atoms with E-state index < -0.39 is 5.60 Å². The van der Waals surface area contributed by atoms with Crippen LogP contribution in [0.15, 0.2) is 78.9 Å². The summed E-state index contributed by atoms with van der Waals surface area (Å²) in [6.45, 7) is 3.64. The van der Waals surface area contributed by atoms with Crippen LogP contribution in [0.2, 0.25) is 5.02 Å². The molecular weight excluding hydrogens is 428 g/mol. The number of benzene rings is 3. The van der Waals surface area contributed by atoms with Crippen LogP contribution in [0, 0.1) is 0 Å². The summed E-state index contributed by atoms with van der Waals surface area (Å²) in [5.74, 6) is 0. The SMILES string of the molecule is CC(C)(O)c1ccccc1CCC(N)c1cccc(/C=C/c2ccc3ccc(Cl)cc3n2)c1. The third-order valence-corrected chi connectivity index (χ3v) is 6.10. The van der Waals surface area contributed by atoms with Gasteiger partial charge in [0, 0.05) is 16.5 Å². The van der Waals surface area contributed by atoms with Crippen molar-refractivity contribution in [2.75, 3.05) is 0 Å². The molecule has 0 saturated carbocycles. The molecule has 4 aromatic rings. The van der Waals surface area contributed by atoms with Crippen LogP contribution in [0.1, 0.15) is 54.3 Å². The lowest BCUT2D eigenvalue weighted by Gasteiger charge is -2.22. The number of aliphatic hydroxyl groups is 1. The summed E-state index contributed by atoms with van der Waals surface area (Å²) in [6, 6.07) is 26.0. The number of hydrogen-bond donors (Lipinski definition) is 2. The van der Waals surface area contributed by atoms with Crippen molar-refractivity contribution < 1.29 is 5.11 Å². The Balaban J connectivity index is 1.47. The Morgan fingerprint density at radius 3 is 2.58 bits per heavy atom. The molecule has 0 spiro atoms. The van der Waals surface area contributed by atoms with Crippen molar-refractivity contribution >= 4 is 34.7 Å². The second-order valence-electron chi connectivity index (χ2n) is 8.94. The van der Waals surface area contributed by atoms with Gasteiger partial charge in [0.1, 0.15) is 0 Å². The van der Waals surface area contributed by atoms with Gasteiger partial charge in [-0.15, -0.1) is 0 Å². The normalized spacial score (nSPS) is 13.0. The zero-order chi connectivity index (χ0) is 23.4. The van der Waals surface area contributed by atoms with E-state index in [9.17, 15) is 5.11 Å². The van der Waals surface area contributed by atoms with E-state index in [-0.39, 0.29) is 6.04 Å². The van der Waals surface area contributed by atoms with E-state index in [1.165, 1.54) is 0 Å². The maximum absolute atomic E-state index is 10.5. The van der Waals surface area contributed by atoms with Crippen molar-refractivity contribution in [3.8, 4) is 0 Å². The molecule has 33 heavy (non-hydrogen) atoms. The Bertz CT molecular complexity index is 1290. The molecule has 1 aromatic heterocycles. The highest BCUT2D eigenvalue weighted by atomic mass is 35.5. The van der Waals surface area contributed by atoms with Gasteiger partial charge >= 0.3 is 0 Å². The second-order valence-corrected chi connectivity index (χ2v) is 9.37. The zero-order valence-corrected chi connectivity index (χ0v) is 19.8. The van der Waals surface area contributed by atoms with Crippen molar-refractivity contribution in [1.29, 1.82) is 0 Å². The maximum Gasteiger partial charge on any atom is 0.0843 e. The van der Waals surface area contributed by atoms with Crippen LogP contribution in [0.4, 0.5) is 0 Å². The fourth-order valence-corrected chi connectivity index (χ4v) is 4.25. The van der Waals surface area contributed by atoms with E-state index in [1.54, 1.807) is 0 Å². The van der Waals surface area contributed by atoms with E-state index in [0.717, 1.165) is 51.7 Å². The van der Waals surface area contributed by atoms with Crippen molar-refractivity contribution in [2.45, 2.75) is 38.3 Å². The minimum Gasteiger partial charge on any atom is -0.386 e. The molecule has 0 aliphatic heterocycles. The van der Waals surface area contributed by atoms with E-state index in [2.05, 4.69) is 41.4 Å². The largest absolute Gasteiger partial charge is 0.386 e. The molecule has 0 radical (unpaired) electrons. The molecule has 3 aromatic carbocycles. The molecule has 4 rings (SSSR count). The van der Waals surface area contributed by atoms with Gasteiger partial charge < -0.3 is 10.8 Å². The minimum atomic E-state index is -0.868. The van der Waals surface area contributed by atoms with Gasteiger partial charge in [-0.3, -0.25) is 0 Å². The zero-order valence-electron chi connectivity index (χ0n) is 19.0. The number of halogens is 1. The molecule has 0 amide bonds. The topological polar surface area (TPSA) is 59.1 Å². The highest BCUT2D eigenvalue weighted by Gasteiger charge is 2.19. The van der Waals surface area contributed by atoms with Crippen LogP contribution in [0.3, 0.4) is 0 Å². The summed E-state index contributed by atoms with van der Waals surface area (Å²) in [6.07, 6.45) is 5.67. The summed E-state index contributed by atoms with van der Waals surface area (Å²) >= 11 is 6.10. The number of nitrogens with two attached hydrogens (primary N) is 1. The van der Waals surface area contributed by atoms with Gasteiger partial charge in [-0.1, -0.05) is 78.3 Å². The van der Waals surface area contributed by atoms with Crippen molar-refractivity contribution in [3.05, 3.63) is 112 Å². The average Bonchev–Trinajstić information content (AvgIpc) is 2.80. The molecule has 0 aliphatic carbocycles. The Kier molecular flexibility index (Phi) is 6.94. The molecule has 168 valence electrons. The first-order chi connectivity index (χ1) is 15.8. The van der Waals surface area contributed by atoms with Crippen LogP contribution in [0.5, 0.6) is 0 Å². The predicted octanol–water partition coefficient (Wildman–Crippen LogP) is 6.92. The molecule has 4 heteroatoms. The number of hydrogen-bond acceptors (Lipinski definition) is 3. The standard InChI is InChI=1S/C29H29ClN2O/c1-29(2,33)26-9-4-3-7-21(26)13-17-27(31)23-8-5-6-20(18-23)10-15-25-16-12-22-11-14-24(30)19-28(22)32-25/h3-12,14-16,18-19,27,33H,13,17,31H2,1-2H3/b15-10+. The number of nitrogens with zero attached hydrogens (tertiary/aromatic N) is 1. The molecule has 3 nitrogen and oxygen atoms in total. The van der Waals surface area contributed by atoms with Crippen LogP contribution in [0.25, 0.3) is 23.1 Å². The van der Waals surface area contributed by atoms with Crippen molar-refractivity contribution in [2.24, 2.45) is 5.73 Å². The average molecular weight is 457 g/mol. The fourth-order valence-electron chi connectivity index (χ4n) is 4.09. The third-order valence-electron chi connectivity index (χ3n) is 5.86. The van der Waals surface area contributed by atoms with E-state index >= 15 is 0 Å². The molecule has 0 saturated heterocycles. The summed E-state index contributed by atoms with van der Waals surface area (Å²) in [5.41, 5.74) is 11.7. The van der Waals surface area contributed by atoms with E-state index in [4.69, 9.17) is 17.3 Å². The number of aryl methyl sites for hydroxylation is 1. The predicted molar refractivity (Wildman–Crippen MR) is 139 cm³/mol. The molecule has 0 aliphatic rings. The minimum absolute atomic E-state index is 0.0888. The number of fused-ring (bicyclic) bond motifs is 1. The smallest absolute Gasteiger partial charge is 0.0843 e. The van der Waals surface area contributed by atoms with E-state index in [0.29, 0.717) is 5.02 Å². The van der Waals surface area contributed by atoms with Gasteiger partial charge in [-0.25, -0.2) is 4.98 Å². The molecule has 1 atom stereocenters. The molecule has 0 bridgehead atoms. The first-order valence-corrected chi connectivity index (χ1v) is 11.6. The van der Waals surface area contributed by atoms with Crippen molar-refractivity contribution in [3.63, 3.8) is 0 Å². The number of aromatic nitrogens is 1. The fraction of sp³-hybridized carbons (Fsp3) is 0.207. The third kappa shape index (κ3) is 5.88. The highest BCUT2D eigenvalue weighted by molar-refractivity contribution is 6.31. The first-order valence-electron chi connectivity index (χ1n) is 11.2. The second kappa shape index (κ2) is 9.88. The van der Waals surface area contributed by atoms with Crippen molar-refractivity contribution in [1.82, 2.24) is 4.98 Å². The van der Waals surface area contributed by atoms with E-state index in [1.807, 2.05) is 68.5 Å². The maximum atomic E-state index is 10.5. The van der Waals surface area contributed by atoms with Gasteiger partial charge in [0.05, 0.1) is 16.8 Å². The van der Waals surface area contributed by atoms with Crippen LogP contribution in [-0.4, -0.2) is 10.1 Å². The summed E-state index contributed by atoms with van der Waals surface area (Å²) in [7, 11) is 0. The first kappa shape index (κ1) is 23.2. The van der Waals surface area contributed by atoms with Gasteiger partial charge in [0.2, 0.25) is 0 Å². The van der Waals surface area contributed by atoms with Gasteiger partial charge in [-0.2, -0.15) is 0 Å². The van der Waals surface area contributed by atoms with Gasteiger partial charge in [-0.05, 0) is 73.2 Å². The number of rotatable bonds is 7. The lowest BCUT2D eigenvalue weighted by atomic mass is 9.89. The quantitative estimate of drug-likeness (QED) is 0.317. The van der Waals surface area contributed by atoms with Gasteiger partial charge in [0.15, 0.2) is 0 Å². The highest BCUT2D eigenvalue weighted by Crippen LogP contribution is 2.27. The lowest BCUT2D eigenvalue weighted by molar-refractivity contribution is 0.0775. The van der Waals surface area contributed by atoms with Crippen LogP contribution < -0.4 is 5.73 Å². The molecule has 3 N–H and O–H groups in total. The van der Waals surface area contributed by atoms with Crippen LogP contribution in [-0.2, 0) is 12.0 Å². The summed E-state index contributed by atoms with van der Waals surface area (Å²) in [4.78, 5) is 4.68.